The van der Waals surface area contributed by atoms with Gasteiger partial charge in [0.15, 0.2) is 5.65 Å². The molecule has 0 aliphatic heterocycles. The fourth-order valence-electron chi connectivity index (χ4n) is 2.25. The van der Waals surface area contributed by atoms with Gasteiger partial charge < -0.3 is 10.5 Å². The third-order valence-corrected chi connectivity index (χ3v) is 3.33. The third-order valence-electron chi connectivity index (χ3n) is 3.33. The monoisotopic (exact) mass is 284 g/mol. The van der Waals surface area contributed by atoms with Gasteiger partial charge in [0, 0.05) is 23.7 Å². The van der Waals surface area contributed by atoms with Gasteiger partial charge in [-0.2, -0.15) is 0 Å². The van der Waals surface area contributed by atoms with E-state index in [0.29, 0.717) is 11.3 Å². The van der Waals surface area contributed by atoms with Gasteiger partial charge in [-0.15, -0.1) is 0 Å². The second kappa shape index (κ2) is 5.06. The Hall–Kier alpha value is -2.60. The Morgan fingerprint density at radius 3 is 2.81 bits per heavy atom. The number of hydrogen-bond acceptors (Lipinski definition) is 4. The highest BCUT2D eigenvalue weighted by atomic mass is 16.5. The average molecular weight is 284 g/mol. The molecule has 1 unspecified atom stereocenters. The lowest BCUT2D eigenvalue weighted by Gasteiger charge is -2.05. The molecule has 0 bridgehead atoms. The number of nitrogens with two attached hydrogens (primary N) is 1. The topological polar surface area (TPSA) is 85.4 Å². The molecule has 0 radical (unpaired) electrons. The number of H-pyrrole nitrogens is 1. The molecule has 1 aromatic carbocycles. The van der Waals surface area contributed by atoms with Gasteiger partial charge in [-0.25, -0.2) is 9.50 Å². The Morgan fingerprint density at radius 1 is 1.33 bits per heavy atom. The van der Waals surface area contributed by atoms with Crippen LogP contribution in [0.2, 0.25) is 0 Å². The summed E-state index contributed by atoms with van der Waals surface area (Å²) < 4.78 is 6.74. The maximum Gasteiger partial charge on any atom is 0.272 e. The van der Waals surface area contributed by atoms with E-state index < -0.39 is 0 Å². The van der Waals surface area contributed by atoms with Crippen molar-refractivity contribution in [2.45, 2.75) is 13.0 Å². The van der Waals surface area contributed by atoms with E-state index in [0.717, 1.165) is 17.0 Å². The maximum absolute atomic E-state index is 12.1. The Morgan fingerprint density at radius 2 is 2.10 bits per heavy atom. The molecule has 108 valence electrons. The Kier molecular flexibility index (Phi) is 3.23. The highest BCUT2D eigenvalue weighted by Gasteiger charge is 2.12. The first-order chi connectivity index (χ1) is 10.1. The summed E-state index contributed by atoms with van der Waals surface area (Å²) in [5.41, 5.74) is 8.35. The highest BCUT2D eigenvalue weighted by molar-refractivity contribution is 5.70. The molecule has 0 saturated carbocycles. The minimum atomic E-state index is -0.285. The normalized spacial score (nSPS) is 12.5. The number of ether oxygens (including phenoxy) is 1. The summed E-state index contributed by atoms with van der Waals surface area (Å²) in [7, 11) is 1.61. The van der Waals surface area contributed by atoms with Crippen LogP contribution in [-0.4, -0.2) is 21.7 Å². The summed E-state index contributed by atoms with van der Waals surface area (Å²) in [6.45, 7) is 1.80. The number of fused-ring (bicyclic) bond motifs is 1. The second-order valence-electron chi connectivity index (χ2n) is 4.87. The minimum absolute atomic E-state index is 0.187. The molecule has 3 N–H and O–H groups in total. The first-order valence-corrected chi connectivity index (χ1v) is 6.62. The number of hydrogen-bond donors (Lipinski definition) is 2. The van der Waals surface area contributed by atoms with Gasteiger partial charge in [0.25, 0.3) is 5.56 Å². The summed E-state index contributed by atoms with van der Waals surface area (Å²) in [4.78, 5) is 16.5. The van der Waals surface area contributed by atoms with Gasteiger partial charge in [0.2, 0.25) is 0 Å². The van der Waals surface area contributed by atoms with Crippen LogP contribution in [-0.2, 0) is 0 Å². The smallest absolute Gasteiger partial charge is 0.272 e. The largest absolute Gasteiger partial charge is 0.496 e. The van der Waals surface area contributed by atoms with E-state index in [1.54, 1.807) is 14.0 Å². The van der Waals surface area contributed by atoms with Gasteiger partial charge >= 0.3 is 0 Å². The molecule has 0 aliphatic carbocycles. The third kappa shape index (κ3) is 2.30. The number of nitrogens with zero attached hydrogens (tertiary/aromatic N) is 2. The standard InChI is InChI=1S/C15H16N4O2/c1-9(16)11-8-15(20)19-14(17-11)7-12(18-19)10-5-3-4-6-13(10)21-2/h3-9,18H,16H2,1-2H3. The van der Waals surface area contributed by atoms with Crippen molar-refractivity contribution in [2.24, 2.45) is 5.73 Å². The first kappa shape index (κ1) is 13.4. The predicted octanol–water partition coefficient (Wildman–Crippen LogP) is 1.72. The molecule has 2 heterocycles. The van der Waals surface area contributed by atoms with E-state index in [4.69, 9.17) is 10.5 Å². The predicted molar refractivity (Wildman–Crippen MR) is 80.4 cm³/mol. The lowest BCUT2D eigenvalue weighted by Crippen LogP contribution is -2.18. The molecule has 6 nitrogen and oxygen atoms in total. The van der Waals surface area contributed by atoms with Crippen LogP contribution in [0.3, 0.4) is 0 Å². The van der Waals surface area contributed by atoms with Crippen LogP contribution in [0.1, 0.15) is 18.7 Å². The molecule has 0 spiro atoms. The van der Waals surface area contributed by atoms with Crippen LogP contribution in [0, 0.1) is 0 Å². The van der Waals surface area contributed by atoms with Crippen LogP contribution in [0.15, 0.2) is 41.2 Å². The van der Waals surface area contributed by atoms with Gasteiger partial charge in [-0.3, -0.25) is 9.89 Å². The van der Waals surface area contributed by atoms with E-state index in [9.17, 15) is 4.79 Å². The molecule has 3 rings (SSSR count). The Balaban J connectivity index is 2.22. The summed E-state index contributed by atoms with van der Waals surface area (Å²) in [5, 5.41) is 3.04. The summed E-state index contributed by atoms with van der Waals surface area (Å²) >= 11 is 0. The van der Waals surface area contributed by atoms with Crippen molar-refractivity contribution in [3.63, 3.8) is 0 Å². The van der Waals surface area contributed by atoms with E-state index in [2.05, 4.69) is 10.1 Å². The number of para-hydroxylation sites is 1. The van der Waals surface area contributed by atoms with Crippen molar-refractivity contribution in [3.05, 3.63) is 52.4 Å². The summed E-state index contributed by atoms with van der Waals surface area (Å²) in [6.07, 6.45) is 0. The van der Waals surface area contributed by atoms with Crippen molar-refractivity contribution in [2.75, 3.05) is 7.11 Å². The van der Waals surface area contributed by atoms with Crippen molar-refractivity contribution in [1.82, 2.24) is 14.6 Å². The molecule has 0 fully saturated rings. The summed E-state index contributed by atoms with van der Waals surface area (Å²) in [5.74, 6) is 0.726. The van der Waals surface area contributed by atoms with Crippen LogP contribution in [0.25, 0.3) is 16.9 Å². The van der Waals surface area contributed by atoms with E-state index in [1.165, 1.54) is 10.6 Å². The quantitative estimate of drug-likeness (QED) is 0.766. The zero-order chi connectivity index (χ0) is 15.0. The fraction of sp³-hybridized carbons (Fsp3) is 0.200. The number of methoxy groups -OCH3 is 1. The lowest BCUT2D eigenvalue weighted by atomic mass is 10.1. The van der Waals surface area contributed by atoms with Crippen LogP contribution in [0.4, 0.5) is 0 Å². The highest BCUT2D eigenvalue weighted by Crippen LogP contribution is 2.28. The SMILES string of the molecule is COc1ccccc1-c1cc2nc(C(C)N)cc(=O)n2[nH]1. The minimum Gasteiger partial charge on any atom is -0.496 e. The van der Waals surface area contributed by atoms with Gasteiger partial charge in [-0.05, 0) is 19.1 Å². The Labute approximate surface area is 121 Å². The van der Waals surface area contributed by atoms with Crippen molar-refractivity contribution in [3.8, 4) is 17.0 Å². The number of benzene rings is 1. The Bertz CT molecular complexity index is 848. The molecule has 1 atom stereocenters. The van der Waals surface area contributed by atoms with Crippen molar-refractivity contribution < 1.29 is 4.74 Å². The molecule has 21 heavy (non-hydrogen) atoms. The molecule has 2 aromatic heterocycles. The molecular weight excluding hydrogens is 268 g/mol. The van der Waals surface area contributed by atoms with Crippen molar-refractivity contribution in [1.29, 1.82) is 0 Å². The zero-order valence-electron chi connectivity index (χ0n) is 11.8. The number of aromatic amines is 1. The number of aromatic nitrogens is 3. The zero-order valence-corrected chi connectivity index (χ0v) is 11.8. The van der Waals surface area contributed by atoms with Gasteiger partial charge in [0.1, 0.15) is 5.75 Å². The average Bonchev–Trinajstić information content (AvgIpc) is 2.91. The summed E-state index contributed by atoms with van der Waals surface area (Å²) in [6, 6.07) is 10.6. The van der Waals surface area contributed by atoms with E-state index >= 15 is 0 Å². The van der Waals surface area contributed by atoms with Gasteiger partial charge in [0.05, 0.1) is 18.5 Å². The molecule has 6 heteroatoms. The van der Waals surface area contributed by atoms with Crippen LogP contribution >= 0.6 is 0 Å². The molecule has 0 saturated heterocycles. The van der Waals surface area contributed by atoms with E-state index in [-0.39, 0.29) is 11.6 Å². The molecule has 0 aliphatic rings. The maximum atomic E-state index is 12.1. The second-order valence-corrected chi connectivity index (χ2v) is 4.87. The number of nitrogens with one attached hydrogen (secondary N) is 1. The fourth-order valence-corrected chi connectivity index (χ4v) is 2.25. The molecule has 3 aromatic rings. The van der Waals surface area contributed by atoms with Crippen LogP contribution in [0.5, 0.6) is 5.75 Å². The van der Waals surface area contributed by atoms with E-state index in [1.807, 2.05) is 30.3 Å². The molecule has 0 amide bonds. The van der Waals surface area contributed by atoms with Crippen LogP contribution < -0.4 is 16.0 Å². The van der Waals surface area contributed by atoms with Crippen molar-refractivity contribution >= 4 is 5.65 Å². The van der Waals surface area contributed by atoms with Gasteiger partial charge in [-0.1, -0.05) is 12.1 Å². The molecular formula is C15H16N4O2. The first-order valence-electron chi connectivity index (χ1n) is 6.62. The lowest BCUT2D eigenvalue weighted by molar-refractivity contribution is 0.416. The number of rotatable bonds is 3.